The molecule has 96 valence electrons. The highest BCUT2D eigenvalue weighted by molar-refractivity contribution is 6.28. The molecule has 1 aliphatic carbocycles. The van der Waals surface area contributed by atoms with Gasteiger partial charge in [-0.15, -0.1) is 0 Å². The molecule has 0 spiro atoms. The molecule has 3 heteroatoms. The first kappa shape index (κ1) is 13.2. The third-order valence-corrected chi connectivity index (χ3v) is 3.40. The first-order valence-corrected chi connectivity index (χ1v) is 6.03. The summed E-state index contributed by atoms with van der Waals surface area (Å²) in [7, 11) is 0. The zero-order valence-electron chi connectivity index (χ0n) is 10.6. The summed E-state index contributed by atoms with van der Waals surface area (Å²) < 4.78 is 0. The van der Waals surface area contributed by atoms with Crippen LogP contribution in [-0.4, -0.2) is 17.0 Å². The predicted molar refractivity (Wildman–Crippen MR) is 72.7 cm³/mol. The van der Waals surface area contributed by atoms with E-state index in [2.05, 4.69) is 0 Å². The van der Waals surface area contributed by atoms with Gasteiger partial charge >= 0.3 is 0 Å². The topological polar surface area (TPSA) is 65.6 Å². The summed E-state index contributed by atoms with van der Waals surface area (Å²) in [6.45, 7) is 2.03. The van der Waals surface area contributed by atoms with E-state index in [9.17, 15) is 9.59 Å². The number of hydrogen-bond donors (Lipinski definition) is 0. The molecule has 0 unspecified atom stereocenters. The highest BCUT2D eigenvalue weighted by Crippen LogP contribution is 2.27. The molecular weight excluding hydrogens is 240 g/mol. The highest BCUT2D eigenvalue weighted by atomic mass is 16.1. The molecule has 1 aliphatic rings. The zero-order chi connectivity index (χ0) is 12.7. The quantitative estimate of drug-likeness (QED) is 0.668. The van der Waals surface area contributed by atoms with Crippen LogP contribution in [-0.2, 0) is 6.42 Å². The van der Waals surface area contributed by atoms with Gasteiger partial charge in [-0.25, -0.2) is 0 Å². The lowest BCUT2D eigenvalue weighted by Crippen LogP contribution is -2.20. The van der Waals surface area contributed by atoms with E-state index < -0.39 is 0 Å². The van der Waals surface area contributed by atoms with E-state index in [1.54, 1.807) is 30.3 Å². The Morgan fingerprint density at radius 1 is 0.789 bits per heavy atom. The normalized spacial score (nSPS) is 12.5. The Labute approximate surface area is 111 Å². The summed E-state index contributed by atoms with van der Waals surface area (Å²) in [5.41, 5.74) is 3.17. The van der Waals surface area contributed by atoms with Gasteiger partial charge in [0.05, 0.1) is 0 Å². The number of aryl methyl sites for hydroxylation is 1. The molecule has 0 heterocycles. The molecule has 2 N–H and O–H groups in total. The molecule has 3 nitrogen and oxygen atoms in total. The Kier molecular flexibility index (Phi) is 3.32. The number of carbonyl (C=O) groups excluding carboxylic acids is 2. The average Bonchev–Trinajstić information content (AvgIpc) is 2.44. The molecule has 2 aromatic rings. The Morgan fingerprint density at radius 3 is 1.89 bits per heavy atom. The van der Waals surface area contributed by atoms with Crippen molar-refractivity contribution in [1.82, 2.24) is 0 Å². The molecule has 0 aromatic heterocycles. The minimum atomic E-state index is -0.0529. The Bertz CT molecular complexity index is 671. The third-order valence-electron chi connectivity index (χ3n) is 3.40. The average molecular weight is 254 g/mol. The molecule has 0 fully saturated rings. The SMILES string of the molecule is CCc1ccc2c(c1)C(=O)c1ccccc1C2=O.O. The van der Waals surface area contributed by atoms with Crippen molar-refractivity contribution >= 4 is 11.6 Å². The van der Waals surface area contributed by atoms with Gasteiger partial charge < -0.3 is 5.48 Å². The minimum absolute atomic E-state index is 0. The van der Waals surface area contributed by atoms with Crippen molar-refractivity contribution in [2.24, 2.45) is 0 Å². The fourth-order valence-electron chi connectivity index (χ4n) is 2.37. The molecule has 19 heavy (non-hydrogen) atoms. The largest absolute Gasteiger partial charge is 0.412 e. The predicted octanol–water partition coefficient (Wildman–Crippen LogP) is 2.20. The summed E-state index contributed by atoms with van der Waals surface area (Å²) in [4.78, 5) is 24.7. The summed E-state index contributed by atoms with van der Waals surface area (Å²) in [6.07, 6.45) is 0.858. The van der Waals surface area contributed by atoms with E-state index in [1.807, 2.05) is 19.1 Å². The Morgan fingerprint density at radius 2 is 1.32 bits per heavy atom. The van der Waals surface area contributed by atoms with Crippen LogP contribution in [0, 0.1) is 0 Å². The van der Waals surface area contributed by atoms with Gasteiger partial charge in [0, 0.05) is 22.3 Å². The Balaban J connectivity index is 0.00000133. The highest BCUT2D eigenvalue weighted by Gasteiger charge is 2.28. The molecule has 0 saturated carbocycles. The second-order valence-electron chi connectivity index (χ2n) is 4.44. The molecular formula is C16H14O3. The van der Waals surface area contributed by atoms with E-state index in [-0.39, 0.29) is 17.0 Å². The van der Waals surface area contributed by atoms with Gasteiger partial charge in [-0.3, -0.25) is 9.59 Å². The van der Waals surface area contributed by atoms with Gasteiger partial charge in [-0.2, -0.15) is 0 Å². The Hall–Kier alpha value is -2.26. The minimum Gasteiger partial charge on any atom is -0.412 e. The van der Waals surface area contributed by atoms with Gasteiger partial charge in [0.25, 0.3) is 0 Å². The van der Waals surface area contributed by atoms with E-state index >= 15 is 0 Å². The maximum absolute atomic E-state index is 12.4. The summed E-state index contributed by atoms with van der Waals surface area (Å²) >= 11 is 0. The number of rotatable bonds is 1. The van der Waals surface area contributed by atoms with E-state index in [0.717, 1.165) is 12.0 Å². The molecule has 3 rings (SSSR count). The standard InChI is InChI=1S/C16H12O2.H2O/c1-2-10-7-8-13-14(9-10)16(18)12-6-4-3-5-11(12)15(13)17;/h3-9H,2H2,1H3;1H2. The molecule has 0 saturated heterocycles. The molecule has 0 bridgehead atoms. The van der Waals surface area contributed by atoms with Crippen molar-refractivity contribution in [2.45, 2.75) is 13.3 Å². The van der Waals surface area contributed by atoms with Crippen molar-refractivity contribution in [1.29, 1.82) is 0 Å². The fraction of sp³-hybridized carbons (Fsp3) is 0.125. The summed E-state index contributed by atoms with van der Waals surface area (Å²) in [5, 5.41) is 0. The van der Waals surface area contributed by atoms with Crippen molar-refractivity contribution in [2.75, 3.05) is 0 Å². The van der Waals surface area contributed by atoms with Crippen molar-refractivity contribution in [3.63, 3.8) is 0 Å². The maximum atomic E-state index is 12.4. The van der Waals surface area contributed by atoms with Crippen LogP contribution in [0.15, 0.2) is 42.5 Å². The van der Waals surface area contributed by atoms with Crippen molar-refractivity contribution in [3.05, 3.63) is 70.3 Å². The molecule has 0 amide bonds. The van der Waals surface area contributed by atoms with Gasteiger partial charge in [0.2, 0.25) is 0 Å². The zero-order valence-corrected chi connectivity index (χ0v) is 10.6. The van der Waals surface area contributed by atoms with Crippen LogP contribution in [0.1, 0.15) is 44.3 Å². The van der Waals surface area contributed by atoms with Crippen LogP contribution in [0.25, 0.3) is 0 Å². The van der Waals surface area contributed by atoms with Crippen LogP contribution < -0.4 is 0 Å². The maximum Gasteiger partial charge on any atom is 0.194 e. The van der Waals surface area contributed by atoms with Crippen molar-refractivity contribution < 1.29 is 15.1 Å². The van der Waals surface area contributed by atoms with Gasteiger partial charge in [0.1, 0.15) is 0 Å². The number of ketones is 2. The first-order valence-electron chi connectivity index (χ1n) is 6.03. The number of fused-ring (bicyclic) bond motifs is 2. The smallest absolute Gasteiger partial charge is 0.194 e. The fourth-order valence-corrected chi connectivity index (χ4v) is 2.37. The first-order chi connectivity index (χ1) is 8.72. The number of benzene rings is 2. The molecule has 0 radical (unpaired) electrons. The number of hydrogen-bond acceptors (Lipinski definition) is 2. The second-order valence-corrected chi connectivity index (χ2v) is 4.44. The van der Waals surface area contributed by atoms with E-state index in [1.165, 1.54) is 0 Å². The molecule has 0 aliphatic heterocycles. The summed E-state index contributed by atoms with van der Waals surface area (Å²) in [5.74, 6) is -0.0987. The van der Waals surface area contributed by atoms with Gasteiger partial charge in [-0.05, 0) is 18.1 Å². The molecule has 0 atom stereocenters. The molecule has 2 aromatic carbocycles. The lowest BCUT2D eigenvalue weighted by atomic mass is 9.83. The van der Waals surface area contributed by atoms with Crippen LogP contribution in [0.2, 0.25) is 0 Å². The van der Waals surface area contributed by atoms with Crippen LogP contribution in [0.5, 0.6) is 0 Å². The van der Waals surface area contributed by atoms with Gasteiger partial charge in [0.15, 0.2) is 11.6 Å². The van der Waals surface area contributed by atoms with E-state index in [0.29, 0.717) is 22.3 Å². The number of carbonyl (C=O) groups is 2. The lowest BCUT2D eigenvalue weighted by molar-refractivity contribution is 0.0979. The summed E-state index contributed by atoms with van der Waals surface area (Å²) in [6, 6.07) is 12.5. The lowest BCUT2D eigenvalue weighted by Gasteiger charge is -2.17. The second kappa shape index (κ2) is 4.78. The van der Waals surface area contributed by atoms with Crippen molar-refractivity contribution in [3.8, 4) is 0 Å². The van der Waals surface area contributed by atoms with Crippen LogP contribution in [0.4, 0.5) is 0 Å². The third kappa shape index (κ3) is 1.88. The van der Waals surface area contributed by atoms with Crippen LogP contribution >= 0.6 is 0 Å². The monoisotopic (exact) mass is 254 g/mol. The van der Waals surface area contributed by atoms with Crippen LogP contribution in [0.3, 0.4) is 0 Å². The van der Waals surface area contributed by atoms with E-state index in [4.69, 9.17) is 0 Å². The van der Waals surface area contributed by atoms with Gasteiger partial charge in [-0.1, -0.05) is 43.3 Å².